The third-order valence-corrected chi connectivity index (χ3v) is 3.69. The van der Waals surface area contributed by atoms with Crippen LogP contribution in [-0.4, -0.2) is 54.7 Å². The highest BCUT2D eigenvalue weighted by molar-refractivity contribution is 5.97. The van der Waals surface area contributed by atoms with Crippen molar-refractivity contribution in [3.63, 3.8) is 0 Å². The first-order valence-electron chi connectivity index (χ1n) is 7.07. The van der Waals surface area contributed by atoms with Crippen molar-refractivity contribution in [2.75, 3.05) is 19.8 Å². The Morgan fingerprint density at radius 3 is 2.73 bits per heavy atom. The van der Waals surface area contributed by atoms with Gasteiger partial charge in [0.2, 0.25) is 5.91 Å². The number of amides is 3. The smallest absolute Gasteiger partial charge is 0.417 e. The minimum Gasteiger partial charge on any atom is -0.447 e. The van der Waals surface area contributed by atoms with Gasteiger partial charge in [-0.15, -0.1) is 0 Å². The van der Waals surface area contributed by atoms with E-state index in [4.69, 9.17) is 9.47 Å². The van der Waals surface area contributed by atoms with Gasteiger partial charge in [-0.1, -0.05) is 30.3 Å². The van der Waals surface area contributed by atoms with E-state index in [2.05, 4.69) is 5.32 Å². The lowest BCUT2D eigenvalue weighted by molar-refractivity contribution is -0.149. The van der Waals surface area contributed by atoms with Crippen LogP contribution >= 0.6 is 0 Å². The normalized spacial score (nSPS) is 24.8. The van der Waals surface area contributed by atoms with Crippen molar-refractivity contribution in [3.05, 3.63) is 35.9 Å². The number of rotatable bonds is 3. The fraction of sp³-hybridized carbons (Fsp3) is 0.400. The molecule has 0 bridgehead atoms. The van der Waals surface area contributed by atoms with Crippen molar-refractivity contribution in [1.29, 1.82) is 0 Å². The third kappa shape index (κ3) is 2.94. The van der Waals surface area contributed by atoms with Gasteiger partial charge in [0.1, 0.15) is 13.2 Å². The zero-order valence-corrected chi connectivity index (χ0v) is 11.9. The van der Waals surface area contributed by atoms with Gasteiger partial charge in [0, 0.05) is 0 Å². The van der Waals surface area contributed by atoms with Crippen molar-refractivity contribution < 1.29 is 23.9 Å². The van der Waals surface area contributed by atoms with Crippen LogP contribution in [0.5, 0.6) is 0 Å². The van der Waals surface area contributed by atoms with Crippen LogP contribution in [0.2, 0.25) is 0 Å². The molecule has 3 amide bonds. The number of ether oxygens (including phenoxy) is 2. The number of carbonyl (C=O) groups excluding carboxylic acids is 3. The fourth-order valence-electron chi connectivity index (χ4n) is 2.57. The van der Waals surface area contributed by atoms with E-state index in [-0.39, 0.29) is 31.7 Å². The summed E-state index contributed by atoms with van der Waals surface area (Å²) in [5.74, 6) is -0.739. The summed E-state index contributed by atoms with van der Waals surface area (Å²) in [6.45, 7) is 0.0562. The first-order valence-corrected chi connectivity index (χ1v) is 7.07. The van der Waals surface area contributed by atoms with E-state index in [9.17, 15) is 14.4 Å². The van der Waals surface area contributed by atoms with Crippen LogP contribution in [0.25, 0.3) is 0 Å². The van der Waals surface area contributed by atoms with Gasteiger partial charge in [-0.25, -0.2) is 9.69 Å². The Labute approximate surface area is 127 Å². The van der Waals surface area contributed by atoms with Crippen molar-refractivity contribution in [1.82, 2.24) is 10.2 Å². The van der Waals surface area contributed by atoms with Crippen molar-refractivity contribution in [2.24, 2.45) is 0 Å². The lowest BCUT2D eigenvalue weighted by atomic mass is 10.1. The Morgan fingerprint density at radius 1 is 1.27 bits per heavy atom. The SMILES string of the molecule is O=C1CO[C@H](C(=O)N2C(=O)OCC2Cc2ccccc2)CN1. The van der Waals surface area contributed by atoms with Gasteiger partial charge in [-0.05, 0) is 12.0 Å². The third-order valence-electron chi connectivity index (χ3n) is 3.69. The average Bonchev–Trinajstić information content (AvgIpc) is 2.89. The molecular weight excluding hydrogens is 288 g/mol. The second-order valence-corrected chi connectivity index (χ2v) is 5.23. The highest BCUT2D eigenvalue weighted by Crippen LogP contribution is 2.19. The van der Waals surface area contributed by atoms with Crippen LogP contribution in [0.4, 0.5) is 4.79 Å². The van der Waals surface area contributed by atoms with Crippen LogP contribution in [0, 0.1) is 0 Å². The molecule has 1 N–H and O–H groups in total. The van der Waals surface area contributed by atoms with Crippen LogP contribution in [0.1, 0.15) is 5.56 Å². The van der Waals surface area contributed by atoms with E-state index in [1.165, 1.54) is 0 Å². The Bertz CT molecular complexity index is 579. The molecule has 2 aliphatic heterocycles. The molecule has 2 aliphatic rings. The topological polar surface area (TPSA) is 84.9 Å². The lowest BCUT2D eigenvalue weighted by Gasteiger charge is -2.27. The van der Waals surface area contributed by atoms with E-state index in [1.807, 2.05) is 30.3 Å². The predicted octanol–water partition coefficient (Wildman–Crippen LogP) is 0.0915. The highest BCUT2D eigenvalue weighted by atomic mass is 16.6. The summed E-state index contributed by atoms with van der Waals surface area (Å²) >= 11 is 0. The first-order chi connectivity index (χ1) is 10.6. The Kier molecular flexibility index (Phi) is 4.06. The molecule has 3 rings (SSSR count). The molecular formula is C15H16N2O5. The second-order valence-electron chi connectivity index (χ2n) is 5.23. The Hall–Kier alpha value is -2.41. The molecule has 116 valence electrons. The van der Waals surface area contributed by atoms with E-state index < -0.39 is 18.1 Å². The average molecular weight is 304 g/mol. The van der Waals surface area contributed by atoms with E-state index >= 15 is 0 Å². The first kappa shape index (κ1) is 14.5. The summed E-state index contributed by atoms with van der Waals surface area (Å²) in [6.07, 6.45) is -0.981. The van der Waals surface area contributed by atoms with Crippen molar-refractivity contribution in [3.8, 4) is 0 Å². The van der Waals surface area contributed by atoms with Gasteiger partial charge in [0.25, 0.3) is 5.91 Å². The lowest BCUT2D eigenvalue weighted by Crippen LogP contribution is -2.53. The molecule has 22 heavy (non-hydrogen) atoms. The number of nitrogens with zero attached hydrogens (tertiary/aromatic N) is 1. The molecule has 0 spiro atoms. The zero-order valence-electron chi connectivity index (χ0n) is 11.9. The summed E-state index contributed by atoms with van der Waals surface area (Å²) in [5.41, 5.74) is 1.02. The van der Waals surface area contributed by atoms with Crippen LogP contribution in [0.15, 0.2) is 30.3 Å². The monoisotopic (exact) mass is 304 g/mol. The van der Waals surface area contributed by atoms with E-state index in [0.717, 1.165) is 10.5 Å². The summed E-state index contributed by atoms with van der Waals surface area (Å²) < 4.78 is 10.2. The number of carbonyl (C=O) groups is 3. The molecule has 1 aromatic rings. The summed E-state index contributed by atoms with van der Waals surface area (Å²) in [7, 11) is 0. The minimum absolute atomic E-state index is 0.0690. The Balaban J connectivity index is 1.70. The number of morpholine rings is 1. The Morgan fingerprint density at radius 2 is 2.05 bits per heavy atom. The number of hydrogen-bond donors (Lipinski definition) is 1. The molecule has 0 aromatic heterocycles. The molecule has 0 radical (unpaired) electrons. The van der Waals surface area contributed by atoms with Gasteiger partial charge < -0.3 is 14.8 Å². The minimum atomic E-state index is -0.846. The van der Waals surface area contributed by atoms with Crippen LogP contribution < -0.4 is 5.32 Å². The quantitative estimate of drug-likeness (QED) is 0.855. The maximum absolute atomic E-state index is 12.5. The van der Waals surface area contributed by atoms with E-state index in [1.54, 1.807) is 0 Å². The van der Waals surface area contributed by atoms with Crippen LogP contribution in [-0.2, 0) is 25.5 Å². The van der Waals surface area contributed by atoms with Gasteiger partial charge in [0.05, 0.1) is 12.6 Å². The molecule has 1 unspecified atom stereocenters. The largest absolute Gasteiger partial charge is 0.447 e. The van der Waals surface area contributed by atoms with Crippen molar-refractivity contribution >= 4 is 17.9 Å². The molecule has 1 aromatic carbocycles. The molecule has 2 atom stereocenters. The van der Waals surface area contributed by atoms with Gasteiger partial charge in [0.15, 0.2) is 6.10 Å². The molecule has 0 aliphatic carbocycles. The standard InChI is InChI=1S/C15H16N2O5/c18-13-9-21-12(7-16-13)14(19)17-11(8-22-15(17)20)6-10-4-2-1-3-5-10/h1-5,11-12H,6-9H2,(H,16,18)/t11?,12-/m0/s1. The number of cyclic esters (lactones) is 1. The molecule has 2 heterocycles. The molecule has 2 fully saturated rings. The van der Waals surface area contributed by atoms with E-state index in [0.29, 0.717) is 6.42 Å². The number of benzene rings is 1. The number of hydrogen-bond acceptors (Lipinski definition) is 5. The van der Waals surface area contributed by atoms with Crippen molar-refractivity contribution in [2.45, 2.75) is 18.6 Å². The number of nitrogens with one attached hydrogen (secondary N) is 1. The second kappa shape index (κ2) is 6.15. The molecule has 7 nitrogen and oxygen atoms in total. The summed E-state index contributed by atoms with van der Waals surface area (Å²) in [6, 6.07) is 9.22. The summed E-state index contributed by atoms with van der Waals surface area (Å²) in [5, 5.41) is 2.55. The maximum Gasteiger partial charge on any atom is 0.417 e. The van der Waals surface area contributed by atoms with Gasteiger partial charge in [-0.3, -0.25) is 9.59 Å². The highest BCUT2D eigenvalue weighted by Gasteiger charge is 2.42. The zero-order chi connectivity index (χ0) is 15.5. The predicted molar refractivity (Wildman–Crippen MR) is 74.9 cm³/mol. The number of imide groups is 1. The van der Waals surface area contributed by atoms with Gasteiger partial charge in [-0.2, -0.15) is 0 Å². The maximum atomic E-state index is 12.5. The molecule has 0 saturated carbocycles. The van der Waals surface area contributed by atoms with Gasteiger partial charge >= 0.3 is 6.09 Å². The molecule has 7 heteroatoms. The summed E-state index contributed by atoms with van der Waals surface area (Å²) in [4.78, 5) is 36.5. The fourth-order valence-corrected chi connectivity index (χ4v) is 2.57. The van der Waals surface area contributed by atoms with Crippen LogP contribution in [0.3, 0.4) is 0 Å². The molecule has 2 saturated heterocycles.